The lowest BCUT2D eigenvalue weighted by Gasteiger charge is -2.41. The summed E-state index contributed by atoms with van der Waals surface area (Å²) >= 11 is 0. The Morgan fingerprint density at radius 2 is 1.81 bits per heavy atom. The molecule has 6 heteroatoms. The highest BCUT2D eigenvalue weighted by Crippen LogP contribution is 2.24. The van der Waals surface area contributed by atoms with Gasteiger partial charge in [-0.15, -0.1) is 0 Å². The quantitative estimate of drug-likeness (QED) is 0.862. The van der Waals surface area contributed by atoms with Crippen molar-refractivity contribution in [1.29, 1.82) is 0 Å². The van der Waals surface area contributed by atoms with Crippen LogP contribution in [-0.4, -0.2) is 65.3 Å². The van der Waals surface area contributed by atoms with Crippen LogP contribution in [0.4, 0.5) is 4.79 Å². The molecule has 0 bridgehead atoms. The summed E-state index contributed by atoms with van der Waals surface area (Å²) in [6.07, 6.45) is 3.66. The number of carboxylic acid groups (broad SMARTS) is 1. The number of hydrogen-bond acceptors (Lipinski definition) is 3. The van der Waals surface area contributed by atoms with E-state index in [0.717, 1.165) is 25.8 Å². The van der Waals surface area contributed by atoms with Crippen LogP contribution in [0.2, 0.25) is 0 Å². The summed E-state index contributed by atoms with van der Waals surface area (Å²) in [5, 5.41) is 8.61. The van der Waals surface area contributed by atoms with Gasteiger partial charge in [-0.3, -0.25) is 0 Å². The van der Waals surface area contributed by atoms with Crippen molar-refractivity contribution in [3.8, 4) is 0 Å². The predicted molar refractivity (Wildman–Crippen MR) is 78.1 cm³/mol. The van der Waals surface area contributed by atoms with Crippen LogP contribution in [0.25, 0.3) is 0 Å². The van der Waals surface area contributed by atoms with E-state index < -0.39 is 5.97 Å². The third-order valence-corrected chi connectivity index (χ3v) is 4.52. The van der Waals surface area contributed by atoms with Gasteiger partial charge in [0.15, 0.2) is 0 Å². The van der Waals surface area contributed by atoms with Gasteiger partial charge in [-0.25, -0.2) is 9.59 Å². The van der Waals surface area contributed by atoms with Crippen LogP contribution in [0.1, 0.15) is 39.5 Å². The molecule has 120 valence electrons. The number of carboxylic acids is 1. The van der Waals surface area contributed by atoms with Crippen molar-refractivity contribution < 1.29 is 19.4 Å². The van der Waals surface area contributed by atoms with Gasteiger partial charge in [-0.2, -0.15) is 0 Å². The molecule has 0 aliphatic carbocycles. The fourth-order valence-electron chi connectivity index (χ4n) is 3.14. The predicted octanol–water partition coefficient (Wildman–Crippen LogP) is 1.79. The molecule has 21 heavy (non-hydrogen) atoms. The van der Waals surface area contributed by atoms with Gasteiger partial charge < -0.3 is 19.6 Å². The Morgan fingerprint density at radius 3 is 2.43 bits per heavy atom. The number of rotatable bonds is 3. The fraction of sp³-hybridized carbons (Fsp3) is 0.867. The maximum Gasteiger partial charge on any atom is 0.329 e. The third-order valence-electron chi connectivity index (χ3n) is 4.52. The molecule has 0 spiro atoms. The molecule has 2 heterocycles. The SMILES string of the molecule is CC1CCC(C)N(C(=O)N2CCC(OCC(=O)O)CC2)C1. The molecule has 1 N–H and O–H groups in total. The normalized spacial score (nSPS) is 27.7. The second-order valence-corrected chi connectivity index (χ2v) is 6.36. The van der Waals surface area contributed by atoms with Crippen molar-refractivity contribution >= 4 is 12.0 Å². The molecule has 0 saturated carbocycles. The van der Waals surface area contributed by atoms with Crippen molar-refractivity contribution in [2.45, 2.75) is 51.7 Å². The highest BCUT2D eigenvalue weighted by Gasteiger charge is 2.32. The molecule has 2 atom stereocenters. The van der Waals surface area contributed by atoms with Gasteiger partial charge in [0.1, 0.15) is 6.61 Å². The molecule has 2 amide bonds. The summed E-state index contributed by atoms with van der Waals surface area (Å²) < 4.78 is 5.30. The first-order valence-corrected chi connectivity index (χ1v) is 7.86. The topological polar surface area (TPSA) is 70.1 Å². The fourth-order valence-corrected chi connectivity index (χ4v) is 3.14. The highest BCUT2D eigenvalue weighted by molar-refractivity contribution is 5.75. The zero-order valence-electron chi connectivity index (χ0n) is 13.0. The molecular weight excluding hydrogens is 272 g/mol. The lowest BCUT2D eigenvalue weighted by atomic mass is 9.95. The minimum absolute atomic E-state index is 0.0390. The van der Waals surface area contributed by atoms with E-state index in [4.69, 9.17) is 9.84 Å². The zero-order chi connectivity index (χ0) is 15.4. The van der Waals surface area contributed by atoms with Crippen molar-refractivity contribution in [2.75, 3.05) is 26.2 Å². The molecule has 0 aromatic heterocycles. The molecule has 0 radical (unpaired) electrons. The van der Waals surface area contributed by atoms with Crippen molar-refractivity contribution in [3.63, 3.8) is 0 Å². The number of amides is 2. The lowest BCUT2D eigenvalue weighted by Crippen LogP contribution is -2.53. The number of aliphatic carboxylic acids is 1. The van der Waals surface area contributed by atoms with Crippen molar-refractivity contribution in [2.24, 2.45) is 5.92 Å². The number of carbonyl (C=O) groups excluding carboxylic acids is 1. The van der Waals surface area contributed by atoms with Crippen molar-refractivity contribution in [3.05, 3.63) is 0 Å². The Morgan fingerprint density at radius 1 is 1.14 bits per heavy atom. The first-order chi connectivity index (χ1) is 9.97. The minimum Gasteiger partial charge on any atom is -0.480 e. The number of piperidine rings is 2. The first kappa shape index (κ1) is 16.1. The van der Waals surface area contributed by atoms with E-state index in [1.54, 1.807) is 0 Å². The van der Waals surface area contributed by atoms with Crippen LogP contribution in [0.5, 0.6) is 0 Å². The Balaban J connectivity index is 1.81. The van der Waals surface area contributed by atoms with E-state index in [0.29, 0.717) is 25.0 Å². The molecule has 2 saturated heterocycles. The summed E-state index contributed by atoms with van der Waals surface area (Å²) in [5.74, 6) is -0.369. The van der Waals surface area contributed by atoms with E-state index in [-0.39, 0.29) is 18.7 Å². The standard InChI is InChI=1S/C15H26N2O4/c1-11-3-4-12(2)17(9-11)15(20)16-7-5-13(6-8-16)21-10-14(18)19/h11-13H,3-10H2,1-2H3,(H,18,19). The van der Waals surface area contributed by atoms with E-state index in [2.05, 4.69) is 13.8 Å². The van der Waals surface area contributed by atoms with Crippen molar-refractivity contribution in [1.82, 2.24) is 9.80 Å². The second kappa shape index (κ2) is 7.11. The average molecular weight is 298 g/mol. The van der Waals surface area contributed by atoms with Crippen LogP contribution in [0.15, 0.2) is 0 Å². The highest BCUT2D eigenvalue weighted by atomic mass is 16.5. The summed E-state index contributed by atoms with van der Waals surface area (Å²) in [6.45, 7) is 6.21. The van der Waals surface area contributed by atoms with Gasteiger partial charge in [0, 0.05) is 25.7 Å². The Kier molecular flexibility index (Phi) is 5.45. The number of likely N-dealkylation sites (tertiary alicyclic amines) is 2. The number of nitrogens with zero attached hydrogens (tertiary/aromatic N) is 2. The molecule has 0 aromatic rings. The molecule has 0 aromatic carbocycles. The molecular formula is C15H26N2O4. The number of ether oxygens (including phenoxy) is 1. The first-order valence-electron chi connectivity index (χ1n) is 7.86. The number of carbonyl (C=O) groups is 2. The van der Waals surface area contributed by atoms with E-state index in [9.17, 15) is 9.59 Å². The smallest absolute Gasteiger partial charge is 0.329 e. The second-order valence-electron chi connectivity index (χ2n) is 6.36. The van der Waals surface area contributed by atoms with Crippen LogP contribution < -0.4 is 0 Å². The largest absolute Gasteiger partial charge is 0.480 e. The number of urea groups is 1. The third kappa shape index (κ3) is 4.33. The minimum atomic E-state index is -0.940. The summed E-state index contributed by atoms with van der Waals surface area (Å²) in [6, 6.07) is 0.445. The zero-order valence-corrected chi connectivity index (χ0v) is 13.0. The van der Waals surface area contributed by atoms with Crippen LogP contribution in [-0.2, 0) is 9.53 Å². The van der Waals surface area contributed by atoms with Crippen LogP contribution in [0, 0.1) is 5.92 Å². The van der Waals surface area contributed by atoms with Gasteiger partial charge >= 0.3 is 12.0 Å². The molecule has 2 unspecified atom stereocenters. The monoisotopic (exact) mass is 298 g/mol. The Bertz CT molecular complexity index is 380. The van der Waals surface area contributed by atoms with Gasteiger partial charge in [0.05, 0.1) is 6.10 Å². The van der Waals surface area contributed by atoms with Gasteiger partial charge in [-0.05, 0) is 38.5 Å². The van der Waals surface area contributed by atoms with E-state index >= 15 is 0 Å². The molecule has 2 fully saturated rings. The maximum atomic E-state index is 12.6. The van der Waals surface area contributed by atoms with Gasteiger partial charge in [-0.1, -0.05) is 6.92 Å². The molecule has 2 aliphatic rings. The summed E-state index contributed by atoms with van der Waals surface area (Å²) in [7, 11) is 0. The molecule has 2 rings (SSSR count). The summed E-state index contributed by atoms with van der Waals surface area (Å²) in [5.41, 5.74) is 0. The maximum absolute atomic E-state index is 12.6. The molecule has 2 aliphatic heterocycles. The molecule has 6 nitrogen and oxygen atoms in total. The van der Waals surface area contributed by atoms with E-state index in [1.165, 1.54) is 6.42 Å². The lowest BCUT2D eigenvalue weighted by molar-refractivity contribution is -0.145. The van der Waals surface area contributed by atoms with Gasteiger partial charge in [0.25, 0.3) is 0 Å². The Hall–Kier alpha value is -1.30. The average Bonchev–Trinajstić information content (AvgIpc) is 2.47. The Labute approximate surface area is 126 Å². The summed E-state index contributed by atoms with van der Waals surface area (Å²) in [4.78, 5) is 27.0. The number of hydrogen-bond donors (Lipinski definition) is 1. The van der Waals surface area contributed by atoms with Crippen LogP contribution >= 0.6 is 0 Å². The van der Waals surface area contributed by atoms with Gasteiger partial charge in [0.2, 0.25) is 0 Å². The van der Waals surface area contributed by atoms with Crippen LogP contribution in [0.3, 0.4) is 0 Å². The van der Waals surface area contributed by atoms with E-state index in [1.807, 2.05) is 9.80 Å².